The molecule has 0 radical (unpaired) electrons. The number of fused-ring (bicyclic) bond motifs is 2. The number of carbonyl (C=O) groups is 2. The van der Waals surface area contributed by atoms with E-state index in [1.54, 1.807) is 36.4 Å². The van der Waals surface area contributed by atoms with Gasteiger partial charge in [0.15, 0.2) is 5.78 Å². The number of hydrogen-bond donors (Lipinski definition) is 1. The van der Waals surface area contributed by atoms with Crippen molar-refractivity contribution in [3.8, 4) is 6.07 Å². The van der Waals surface area contributed by atoms with Gasteiger partial charge in [-0.25, -0.2) is 9.88 Å². The zero-order chi connectivity index (χ0) is 21.4. The minimum atomic E-state index is -0.106. The highest BCUT2D eigenvalue weighted by Crippen LogP contribution is 2.35. The van der Waals surface area contributed by atoms with Crippen molar-refractivity contribution in [2.75, 3.05) is 37.7 Å². The summed E-state index contributed by atoms with van der Waals surface area (Å²) in [6, 6.07) is 12.7. The van der Waals surface area contributed by atoms with Gasteiger partial charge in [0.25, 0.3) is 0 Å². The van der Waals surface area contributed by atoms with E-state index < -0.39 is 0 Å². The van der Waals surface area contributed by atoms with Gasteiger partial charge in [-0.05, 0) is 42.0 Å². The molecule has 1 fully saturated rings. The third-order valence-corrected chi connectivity index (χ3v) is 5.80. The topological polar surface area (TPSA) is 102 Å². The Labute approximate surface area is 179 Å². The van der Waals surface area contributed by atoms with Crippen LogP contribution in [0.4, 0.5) is 11.6 Å². The fourth-order valence-corrected chi connectivity index (χ4v) is 4.13. The predicted octanol–water partition coefficient (Wildman–Crippen LogP) is 2.56. The summed E-state index contributed by atoms with van der Waals surface area (Å²) in [6.45, 7) is 3.87. The monoisotopic (exact) mass is 415 g/mol. The third-order valence-electron chi connectivity index (χ3n) is 5.80. The second kappa shape index (κ2) is 7.95. The van der Waals surface area contributed by atoms with E-state index in [9.17, 15) is 9.59 Å². The molecule has 0 bridgehead atoms. The van der Waals surface area contributed by atoms with Gasteiger partial charge in [0.05, 0.1) is 48.0 Å². The van der Waals surface area contributed by atoms with Gasteiger partial charge >= 0.3 is 0 Å². The molecule has 1 saturated heterocycles. The second-order valence-corrected chi connectivity index (χ2v) is 7.78. The fourth-order valence-electron chi connectivity index (χ4n) is 4.13. The van der Waals surface area contributed by atoms with Crippen molar-refractivity contribution in [3.05, 3.63) is 53.1 Å². The summed E-state index contributed by atoms with van der Waals surface area (Å²) in [7, 11) is 0. The number of nitriles is 1. The molecule has 2 aliphatic heterocycles. The normalized spacial score (nSPS) is 16.5. The number of nitrogens with one attached hydrogen (secondary N) is 1. The van der Waals surface area contributed by atoms with Gasteiger partial charge in [-0.1, -0.05) is 0 Å². The summed E-state index contributed by atoms with van der Waals surface area (Å²) < 4.78 is 5.35. The average Bonchev–Trinajstić information content (AvgIpc) is 3.36. The lowest BCUT2D eigenvalue weighted by atomic mass is 10.1. The number of morpholine rings is 1. The summed E-state index contributed by atoms with van der Waals surface area (Å²) in [5.41, 5.74) is 4.09. The fraction of sp³-hybridized carbons (Fsp3) is 0.304. The molecule has 3 aromatic rings. The number of Topliss-reactive ketones (excluding diaryl/α,β-unsaturated/α-hetero) is 1. The van der Waals surface area contributed by atoms with Crippen LogP contribution in [0.2, 0.25) is 0 Å². The molecule has 8 heteroatoms. The van der Waals surface area contributed by atoms with Gasteiger partial charge in [-0.3, -0.25) is 14.5 Å². The van der Waals surface area contributed by atoms with Crippen LogP contribution in [0, 0.1) is 11.3 Å². The number of aromatic nitrogens is 2. The van der Waals surface area contributed by atoms with Crippen LogP contribution in [0.5, 0.6) is 0 Å². The highest BCUT2D eigenvalue weighted by atomic mass is 16.5. The molecule has 2 aliphatic rings. The Morgan fingerprint density at radius 2 is 2.03 bits per heavy atom. The molecule has 0 aliphatic carbocycles. The number of aromatic amines is 1. The molecular weight excluding hydrogens is 394 g/mol. The molecule has 31 heavy (non-hydrogen) atoms. The molecule has 0 atom stereocenters. The molecule has 0 spiro atoms. The maximum atomic E-state index is 12.7. The van der Waals surface area contributed by atoms with Crippen molar-refractivity contribution in [1.82, 2.24) is 14.9 Å². The van der Waals surface area contributed by atoms with Crippen LogP contribution in [0.25, 0.3) is 11.0 Å². The summed E-state index contributed by atoms with van der Waals surface area (Å²) in [5, 5.41) is 9.09. The molecule has 8 nitrogen and oxygen atoms in total. The number of H-pyrrole nitrogens is 1. The number of anilines is 2. The number of rotatable bonds is 5. The van der Waals surface area contributed by atoms with E-state index in [0.717, 1.165) is 30.9 Å². The van der Waals surface area contributed by atoms with Crippen molar-refractivity contribution in [2.45, 2.75) is 12.8 Å². The molecule has 1 aromatic heterocycles. The molecule has 0 saturated carbocycles. The summed E-state index contributed by atoms with van der Waals surface area (Å²) in [4.78, 5) is 36.8. The zero-order valence-electron chi connectivity index (χ0n) is 16.9. The first-order valence-electron chi connectivity index (χ1n) is 10.3. The van der Waals surface area contributed by atoms with Crippen LogP contribution < -0.4 is 4.90 Å². The number of carbonyl (C=O) groups excluding carboxylic acids is 2. The maximum Gasteiger partial charge on any atom is 0.238 e. The zero-order valence-corrected chi connectivity index (χ0v) is 16.9. The van der Waals surface area contributed by atoms with E-state index >= 15 is 0 Å². The molecule has 0 unspecified atom stereocenters. The van der Waals surface area contributed by atoms with E-state index in [4.69, 9.17) is 10.00 Å². The first-order valence-corrected chi connectivity index (χ1v) is 10.3. The molecule has 1 amide bonds. The molecule has 156 valence electrons. The lowest BCUT2D eigenvalue weighted by Crippen LogP contribution is -2.37. The highest BCUT2D eigenvalue weighted by molar-refractivity contribution is 6.07. The van der Waals surface area contributed by atoms with Gasteiger partial charge < -0.3 is 9.72 Å². The van der Waals surface area contributed by atoms with Crippen molar-refractivity contribution in [1.29, 1.82) is 5.26 Å². The van der Waals surface area contributed by atoms with Crippen LogP contribution in [-0.4, -0.2) is 59.4 Å². The van der Waals surface area contributed by atoms with Gasteiger partial charge in [-0.2, -0.15) is 5.26 Å². The first kappa shape index (κ1) is 19.4. The number of amides is 1. The van der Waals surface area contributed by atoms with E-state index in [0.29, 0.717) is 47.7 Å². The molecule has 5 rings (SSSR count). The van der Waals surface area contributed by atoms with Gasteiger partial charge in [-0.15, -0.1) is 0 Å². The van der Waals surface area contributed by atoms with Crippen molar-refractivity contribution in [3.63, 3.8) is 0 Å². The Bertz CT molecular complexity index is 1220. The quantitative estimate of drug-likeness (QED) is 0.643. The number of imidazole rings is 1. The lowest BCUT2D eigenvalue weighted by molar-refractivity contribution is -0.116. The lowest BCUT2D eigenvalue weighted by Gasteiger charge is -2.26. The second-order valence-electron chi connectivity index (χ2n) is 7.78. The summed E-state index contributed by atoms with van der Waals surface area (Å²) in [5.74, 6) is 0.392. The van der Waals surface area contributed by atoms with Gasteiger partial charge in [0.1, 0.15) is 0 Å². The number of benzene rings is 2. The largest absolute Gasteiger partial charge is 0.379 e. The highest BCUT2D eigenvalue weighted by Gasteiger charge is 2.31. The minimum Gasteiger partial charge on any atom is -0.379 e. The van der Waals surface area contributed by atoms with E-state index in [1.165, 1.54) is 4.90 Å². The van der Waals surface area contributed by atoms with Crippen LogP contribution in [0.15, 0.2) is 36.4 Å². The number of hydrogen-bond acceptors (Lipinski definition) is 6. The Hall–Kier alpha value is -3.54. The van der Waals surface area contributed by atoms with E-state index in [-0.39, 0.29) is 18.1 Å². The Morgan fingerprint density at radius 1 is 1.19 bits per heavy atom. The molecular formula is C23H21N5O3. The predicted molar refractivity (Wildman–Crippen MR) is 114 cm³/mol. The molecule has 3 heterocycles. The smallest absolute Gasteiger partial charge is 0.238 e. The Kier molecular flexibility index (Phi) is 4.98. The SMILES string of the molecule is N#Cc1ccc2c(c1)CC(=O)N2c1nc2ccc(C(=O)CCN3CCOCC3)cc2[nH]1. The van der Waals surface area contributed by atoms with E-state index in [2.05, 4.69) is 20.9 Å². The van der Waals surface area contributed by atoms with Gasteiger partial charge in [0.2, 0.25) is 11.9 Å². The average molecular weight is 415 g/mol. The van der Waals surface area contributed by atoms with Crippen LogP contribution in [-0.2, 0) is 16.0 Å². The number of ether oxygens (including phenoxy) is 1. The summed E-state index contributed by atoms with van der Waals surface area (Å²) in [6.07, 6.45) is 0.679. The number of nitrogens with zero attached hydrogens (tertiary/aromatic N) is 4. The van der Waals surface area contributed by atoms with Crippen LogP contribution in [0.1, 0.15) is 27.9 Å². The van der Waals surface area contributed by atoms with Crippen LogP contribution >= 0.6 is 0 Å². The minimum absolute atomic E-state index is 0.0798. The Balaban J connectivity index is 1.37. The van der Waals surface area contributed by atoms with Crippen molar-refractivity contribution in [2.24, 2.45) is 0 Å². The maximum absolute atomic E-state index is 12.7. The van der Waals surface area contributed by atoms with Crippen molar-refractivity contribution < 1.29 is 14.3 Å². The first-order chi connectivity index (χ1) is 15.1. The van der Waals surface area contributed by atoms with Crippen LogP contribution in [0.3, 0.4) is 0 Å². The van der Waals surface area contributed by atoms with E-state index in [1.807, 2.05) is 0 Å². The Morgan fingerprint density at radius 3 is 2.84 bits per heavy atom. The summed E-state index contributed by atoms with van der Waals surface area (Å²) >= 11 is 0. The third kappa shape index (κ3) is 3.69. The number of ketones is 1. The molecule has 1 N–H and O–H groups in total. The standard InChI is InChI=1S/C23H21N5O3/c24-14-15-1-4-20-17(11-15)13-22(30)28(20)23-25-18-3-2-16(12-19(18)26-23)21(29)5-6-27-7-9-31-10-8-27/h1-4,11-12H,5-10,13H2,(H,25,26). The van der Waals surface area contributed by atoms with Gasteiger partial charge in [0, 0.05) is 31.6 Å². The molecule has 2 aromatic carbocycles. The van der Waals surface area contributed by atoms with Crippen molar-refractivity contribution >= 4 is 34.4 Å².